The van der Waals surface area contributed by atoms with Gasteiger partial charge in [-0.1, -0.05) is 0 Å². The van der Waals surface area contributed by atoms with E-state index in [1.807, 2.05) is 7.05 Å². The van der Waals surface area contributed by atoms with Crippen LogP contribution in [0.3, 0.4) is 0 Å². The number of likely N-dealkylation sites (tertiary alicyclic amines) is 1. The van der Waals surface area contributed by atoms with Crippen LogP contribution in [0.25, 0.3) is 0 Å². The number of carbonyl (C=O) groups excluding carboxylic acids is 1. The molecule has 0 aliphatic carbocycles. The van der Waals surface area contributed by atoms with Crippen molar-refractivity contribution in [3.63, 3.8) is 0 Å². The van der Waals surface area contributed by atoms with E-state index in [0.29, 0.717) is 5.91 Å². The molecule has 1 fully saturated rings. The van der Waals surface area contributed by atoms with Gasteiger partial charge < -0.3 is 6.33 Å². The van der Waals surface area contributed by atoms with Crippen LogP contribution in [0, 0.1) is 0 Å². The van der Waals surface area contributed by atoms with Gasteiger partial charge in [-0.15, -0.1) is 0 Å². The molecule has 1 rings (SSSR count). The Labute approximate surface area is 79.1 Å². The molecule has 0 bridgehead atoms. The summed E-state index contributed by atoms with van der Waals surface area (Å²) in [4.78, 5) is 12.3. The monoisotopic (exact) mass is 145 g/mol. The molecule has 0 atom stereocenters. The topological polar surface area (TPSA) is 20.3 Å². The normalized spacial score (nSPS) is 16.6. The molecular formula is C5H16LiNOS. The van der Waals surface area contributed by atoms with Crippen LogP contribution in [-0.2, 0) is 4.79 Å². The Morgan fingerprint density at radius 3 is 2.44 bits per heavy atom. The van der Waals surface area contributed by atoms with Gasteiger partial charge in [-0.3, -0.25) is 4.79 Å². The van der Waals surface area contributed by atoms with Gasteiger partial charge in [0.25, 0.3) is 0 Å². The molecule has 2 nitrogen and oxygen atoms in total. The van der Waals surface area contributed by atoms with Crippen LogP contribution in [0.4, 0.5) is 0 Å². The van der Waals surface area contributed by atoms with Crippen LogP contribution in [0.15, 0.2) is 0 Å². The Bertz CT molecular complexity index is 109. The maximum atomic E-state index is 10.5. The third-order valence-electron chi connectivity index (χ3n) is 1.31. The summed E-state index contributed by atoms with van der Waals surface area (Å²) in [7, 11) is 1.84. The molecule has 0 aromatic carbocycles. The zero-order chi connectivity index (χ0) is 5.28. The molecule has 1 amide bonds. The van der Waals surface area contributed by atoms with Crippen LogP contribution >= 0.6 is 13.5 Å². The summed E-state index contributed by atoms with van der Waals surface area (Å²) >= 11 is 0. The van der Waals surface area contributed by atoms with E-state index in [-0.39, 0.29) is 36.6 Å². The molecule has 0 spiro atoms. The molecule has 0 aromatic rings. The molecule has 0 saturated carbocycles. The first-order valence-electron chi connectivity index (χ1n) is 2.54. The quantitative estimate of drug-likeness (QED) is 0.360. The maximum absolute atomic E-state index is 10.5. The zero-order valence-corrected chi connectivity index (χ0v) is 6.98. The average molecular weight is 145 g/mol. The van der Waals surface area contributed by atoms with E-state index in [2.05, 4.69) is 0 Å². The van der Waals surface area contributed by atoms with Gasteiger partial charge in [-0.2, -0.15) is 13.5 Å². The van der Waals surface area contributed by atoms with Gasteiger partial charge in [0.05, 0.1) is 0 Å². The Kier molecular flexibility index (Phi) is 7.04. The minimum atomic E-state index is 0. The van der Waals surface area contributed by atoms with E-state index in [9.17, 15) is 4.79 Å². The summed E-state index contributed by atoms with van der Waals surface area (Å²) in [6, 6.07) is 0. The molecule has 0 unspecified atom stereocenters. The maximum Gasteiger partial charge on any atom is 1.00 e. The number of hydrogen-bond donors (Lipinski definition) is 0. The van der Waals surface area contributed by atoms with Gasteiger partial charge >= 0.3 is 18.9 Å². The van der Waals surface area contributed by atoms with Crippen molar-refractivity contribution in [2.75, 3.05) is 13.6 Å². The van der Waals surface area contributed by atoms with Crippen molar-refractivity contribution in [2.45, 2.75) is 12.8 Å². The number of hydrogen-bond acceptors (Lipinski definition) is 1. The molecule has 1 aliphatic heterocycles. The number of rotatable bonds is 0. The van der Waals surface area contributed by atoms with Crippen molar-refractivity contribution >= 4 is 19.4 Å². The molecule has 9 heavy (non-hydrogen) atoms. The molecule has 1 saturated heterocycles. The van der Waals surface area contributed by atoms with Crippen LogP contribution in [-0.4, -0.2) is 24.4 Å². The standard InChI is InChI=1S/C5H9NO.Li.H2S.2H2.H/c1-6-4-2-3-5(6)7;;;;;/h2-4H2,1H3;;1H2;2*1H;/q;+1;;;;-1. The Balaban J connectivity index is -0.0000000327. The first-order chi connectivity index (χ1) is 3.30. The first kappa shape index (κ1) is 12.1. The Hall–Kier alpha value is 0.417. The fourth-order valence-electron chi connectivity index (χ4n) is 0.783. The van der Waals surface area contributed by atoms with Crippen molar-refractivity contribution in [3.8, 4) is 0 Å². The molecular weight excluding hydrogens is 129 g/mol. The summed E-state index contributed by atoms with van der Waals surface area (Å²) in [6.07, 6.45) is 1.81. The smallest absolute Gasteiger partial charge is 1.00 e. The van der Waals surface area contributed by atoms with E-state index in [1.165, 1.54) is 0 Å². The summed E-state index contributed by atoms with van der Waals surface area (Å²) in [6.45, 7) is 0.957. The van der Waals surface area contributed by atoms with Crippen LogP contribution in [0.5, 0.6) is 0 Å². The fraction of sp³-hybridized carbons (Fsp3) is 0.800. The summed E-state index contributed by atoms with van der Waals surface area (Å²) in [5.74, 6) is 0.292. The van der Waals surface area contributed by atoms with Crippen LogP contribution in [0.2, 0.25) is 0 Å². The molecule has 1 heterocycles. The number of carbonyl (C=O) groups is 1. The number of amides is 1. The van der Waals surface area contributed by atoms with Gasteiger partial charge in [0, 0.05) is 22.9 Å². The fourth-order valence-corrected chi connectivity index (χ4v) is 0.783. The first-order valence-corrected chi connectivity index (χ1v) is 2.54. The van der Waals surface area contributed by atoms with Gasteiger partial charge in [0.2, 0.25) is 5.91 Å². The van der Waals surface area contributed by atoms with E-state index >= 15 is 0 Å². The summed E-state index contributed by atoms with van der Waals surface area (Å²) < 4.78 is 0. The van der Waals surface area contributed by atoms with E-state index in [1.54, 1.807) is 4.90 Å². The van der Waals surface area contributed by atoms with Crippen molar-refractivity contribution in [1.82, 2.24) is 4.90 Å². The minimum Gasteiger partial charge on any atom is -1.00 e. The summed E-state index contributed by atoms with van der Waals surface area (Å²) in [5.41, 5.74) is 0. The van der Waals surface area contributed by atoms with Crippen molar-refractivity contribution in [2.24, 2.45) is 0 Å². The molecule has 0 aromatic heterocycles. The van der Waals surface area contributed by atoms with Crippen LogP contribution < -0.4 is 18.9 Å². The average Bonchev–Trinajstić information content (AvgIpc) is 1.91. The molecule has 1 aliphatic rings. The van der Waals surface area contributed by atoms with Crippen molar-refractivity contribution < 1.29 is 27.9 Å². The van der Waals surface area contributed by atoms with E-state index < -0.39 is 0 Å². The van der Waals surface area contributed by atoms with Crippen LogP contribution in [0.1, 0.15) is 17.1 Å². The Morgan fingerprint density at radius 2 is 2.33 bits per heavy atom. The van der Waals surface area contributed by atoms with E-state index in [0.717, 1.165) is 19.4 Å². The summed E-state index contributed by atoms with van der Waals surface area (Å²) in [5, 5.41) is 0. The third-order valence-corrected chi connectivity index (χ3v) is 1.31. The van der Waals surface area contributed by atoms with Gasteiger partial charge in [-0.25, -0.2) is 0 Å². The third kappa shape index (κ3) is 3.19. The second-order valence-corrected chi connectivity index (χ2v) is 1.92. The van der Waals surface area contributed by atoms with Crippen molar-refractivity contribution in [1.29, 1.82) is 0 Å². The predicted octanol–water partition coefficient (Wildman–Crippen LogP) is -2.04. The SMILES string of the molecule is CN1CCCC1=O.S.[H-].[HH].[HH].[Li+]. The molecule has 0 radical (unpaired) electrons. The predicted molar refractivity (Wildman–Crippen MR) is 42.6 cm³/mol. The zero-order valence-electron chi connectivity index (χ0n) is 6.98. The van der Waals surface area contributed by atoms with Gasteiger partial charge in [0.1, 0.15) is 0 Å². The Morgan fingerprint density at radius 1 is 1.78 bits per heavy atom. The molecule has 4 heteroatoms. The molecule has 54 valence electrons. The van der Waals surface area contributed by atoms with Gasteiger partial charge in [-0.05, 0) is 6.42 Å². The largest absolute Gasteiger partial charge is 1.00 e. The van der Waals surface area contributed by atoms with Crippen molar-refractivity contribution in [3.05, 3.63) is 0 Å². The minimum absolute atomic E-state index is 0. The number of nitrogens with zero attached hydrogens (tertiary/aromatic N) is 1. The van der Waals surface area contributed by atoms with E-state index in [4.69, 9.17) is 0 Å². The molecule has 0 N–H and O–H groups in total. The second kappa shape index (κ2) is 5.22. The second-order valence-electron chi connectivity index (χ2n) is 1.92. The van der Waals surface area contributed by atoms with Gasteiger partial charge in [0.15, 0.2) is 0 Å².